The number of carbonyl (C=O) groups excluding carboxylic acids is 2. The largest absolute Gasteiger partial charge is 0.494 e. The second-order valence-electron chi connectivity index (χ2n) is 9.54. The molecule has 1 aliphatic heterocycles. The smallest absolute Gasteiger partial charge is 0.331 e. The van der Waals surface area contributed by atoms with Gasteiger partial charge in [0.1, 0.15) is 24.3 Å². The van der Waals surface area contributed by atoms with Gasteiger partial charge in [0.2, 0.25) is 5.91 Å². The van der Waals surface area contributed by atoms with E-state index in [0.29, 0.717) is 49.3 Å². The van der Waals surface area contributed by atoms with Crippen LogP contribution in [0.25, 0.3) is 11.0 Å². The number of ether oxygens (including phenoxy) is 1. The maximum absolute atomic E-state index is 13.1. The zero-order chi connectivity index (χ0) is 27.1. The molecule has 38 heavy (non-hydrogen) atoms. The highest BCUT2D eigenvalue weighted by Crippen LogP contribution is 2.30. The number of benzene rings is 1. The summed E-state index contributed by atoms with van der Waals surface area (Å²) in [5.41, 5.74) is 6.63. The average molecular weight is 519 g/mol. The Morgan fingerprint density at radius 2 is 2.03 bits per heavy atom. The molecule has 1 fully saturated rings. The Morgan fingerprint density at radius 1 is 1.24 bits per heavy atom. The zero-order valence-electron chi connectivity index (χ0n) is 21.8. The van der Waals surface area contributed by atoms with Gasteiger partial charge in [0, 0.05) is 32.0 Å². The molecule has 1 aliphatic rings. The Bertz CT molecular complexity index is 1300. The molecule has 3 N–H and O–H groups in total. The number of nitriles is 1. The number of aromatic nitrogens is 3. The van der Waals surface area contributed by atoms with Crippen LogP contribution in [0.2, 0.25) is 0 Å². The van der Waals surface area contributed by atoms with Gasteiger partial charge in [-0.05, 0) is 62.1 Å². The van der Waals surface area contributed by atoms with E-state index in [1.165, 1.54) is 10.9 Å². The number of hydrogen-bond donors (Lipinski definition) is 2. The highest BCUT2D eigenvalue weighted by molar-refractivity contribution is 5.99. The minimum atomic E-state index is -0.344. The van der Waals surface area contributed by atoms with E-state index < -0.39 is 0 Å². The molecule has 11 nitrogen and oxygen atoms in total. The Kier molecular flexibility index (Phi) is 8.76. The lowest BCUT2D eigenvalue weighted by atomic mass is 9.92. The van der Waals surface area contributed by atoms with E-state index in [-0.39, 0.29) is 24.4 Å². The van der Waals surface area contributed by atoms with E-state index >= 15 is 0 Å². The Balaban J connectivity index is 1.47. The van der Waals surface area contributed by atoms with Crippen molar-refractivity contribution in [2.75, 3.05) is 43.5 Å². The molecule has 0 bridgehead atoms. The first-order valence-corrected chi connectivity index (χ1v) is 12.9. The van der Waals surface area contributed by atoms with Gasteiger partial charge in [-0.25, -0.2) is 14.8 Å². The van der Waals surface area contributed by atoms with Crippen molar-refractivity contribution in [1.82, 2.24) is 19.4 Å². The van der Waals surface area contributed by atoms with E-state index in [2.05, 4.69) is 27.1 Å². The van der Waals surface area contributed by atoms with Crippen LogP contribution in [0, 0.1) is 17.2 Å². The summed E-state index contributed by atoms with van der Waals surface area (Å²) in [5.74, 6) is 1.58. The normalized spacial score (nSPS) is 17.2. The van der Waals surface area contributed by atoms with E-state index in [1.807, 2.05) is 31.3 Å². The number of rotatable bonds is 9. The van der Waals surface area contributed by atoms with Gasteiger partial charge in [-0.2, -0.15) is 5.26 Å². The molecular formula is C27H34N8O3. The number of carbonyl (C=O) groups is 2. The minimum absolute atomic E-state index is 0.0118. The third kappa shape index (κ3) is 6.03. The van der Waals surface area contributed by atoms with E-state index in [9.17, 15) is 9.59 Å². The molecule has 2 amide bonds. The predicted molar refractivity (Wildman–Crippen MR) is 145 cm³/mol. The number of unbranched alkanes of at least 4 members (excludes halogenated alkanes) is 1. The first kappa shape index (κ1) is 26.9. The number of hydrogen-bond acceptors (Lipinski definition) is 8. The summed E-state index contributed by atoms with van der Waals surface area (Å²) in [6, 6.07) is 10.7. The number of likely N-dealkylation sites (tertiary alicyclic amines) is 1. The lowest BCUT2D eigenvalue weighted by Gasteiger charge is -2.42. The molecule has 0 saturated carbocycles. The van der Waals surface area contributed by atoms with Gasteiger partial charge in [-0.3, -0.25) is 9.36 Å². The van der Waals surface area contributed by atoms with Crippen LogP contribution in [0.15, 0.2) is 42.9 Å². The van der Waals surface area contributed by atoms with Crippen LogP contribution in [0.1, 0.15) is 32.6 Å². The molecule has 3 aromatic rings. The summed E-state index contributed by atoms with van der Waals surface area (Å²) in [6.07, 6.45) is 5.65. The fourth-order valence-electron chi connectivity index (χ4n) is 4.75. The quantitative estimate of drug-likeness (QED) is 0.411. The minimum Gasteiger partial charge on any atom is -0.494 e. The first-order valence-electron chi connectivity index (χ1n) is 12.9. The fraction of sp³-hybridized carbons (Fsp3) is 0.444. The zero-order valence-corrected chi connectivity index (χ0v) is 21.8. The number of nitrogens with one attached hydrogen (secondary N) is 1. The second-order valence-corrected chi connectivity index (χ2v) is 9.54. The third-order valence-electron chi connectivity index (χ3n) is 6.99. The van der Waals surface area contributed by atoms with E-state index in [0.717, 1.165) is 30.4 Å². The number of nitrogens with zero attached hydrogens (tertiary/aromatic N) is 6. The van der Waals surface area contributed by atoms with Gasteiger partial charge in [-0.1, -0.05) is 6.92 Å². The molecule has 0 aliphatic carbocycles. The topological polar surface area (TPSA) is 142 Å². The van der Waals surface area contributed by atoms with Gasteiger partial charge in [0.05, 0.1) is 24.1 Å². The number of nitrogens with two attached hydrogens (primary N) is 1. The van der Waals surface area contributed by atoms with Crippen LogP contribution in [0.5, 0.6) is 5.75 Å². The summed E-state index contributed by atoms with van der Waals surface area (Å²) in [5, 5.41) is 12.6. The standard InChI is InChI=1S/C27H34N8O3/c1-19-10-14-34(24(36)9-13-29)17-23(19)33(2)25-22-11-15-35(26(22)31-18-30-25)27(37)32-20-5-7-21(8-6-20)38-16-4-3-12-28/h5-8,11,15,18-19,23H,3-4,9-10,12,14,16-17,28H2,1-2H3,(H,32,37)/t19-,23+/m1/s1. The monoisotopic (exact) mass is 518 g/mol. The Morgan fingerprint density at radius 3 is 2.76 bits per heavy atom. The SMILES string of the molecule is C[C@@H]1CCN(C(=O)CC#N)C[C@@H]1N(C)c1ncnc2c1ccn2C(=O)Nc1ccc(OCCCCN)cc1. The van der Waals surface area contributed by atoms with Gasteiger partial charge < -0.3 is 25.6 Å². The van der Waals surface area contributed by atoms with Crippen molar-refractivity contribution in [2.45, 2.75) is 38.6 Å². The third-order valence-corrected chi connectivity index (χ3v) is 6.99. The van der Waals surface area contributed by atoms with E-state index in [1.54, 1.807) is 23.2 Å². The molecule has 200 valence electrons. The summed E-state index contributed by atoms with van der Waals surface area (Å²) in [6.45, 7) is 4.55. The van der Waals surface area contributed by atoms with Crippen molar-refractivity contribution in [1.29, 1.82) is 5.26 Å². The second kappa shape index (κ2) is 12.4. The summed E-state index contributed by atoms with van der Waals surface area (Å²) in [4.78, 5) is 38.1. The van der Waals surface area contributed by atoms with Crippen LogP contribution in [0.3, 0.4) is 0 Å². The maximum Gasteiger partial charge on any atom is 0.331 e. The van der Waals surface area contributed by atoms with E-state index in [4.69, 9.17) is 15.7 Å². The fourth-order valence-corrected chi connectivity index (χ4v) is 4.75. The van der Waals surface area contributed by atoms with Gasteiger partial charge in [-0.15, -0.1) is 0 Å². The number of likely N-dealkylation sites (N-methyl/N-ethyl adjacent to an activating group) is 1. The Hall–Kier alpha value is -4.17. The molecule has 0 radical (unpaired) electrons. The molecule has 11 heteroatoms. The van der Waals surface area contributed by atoms with Gasteiger partial charge in [0.25, 0.3) is 0 Å². The number of piperidine rings is 1. The Labute approximate surface area is 222 Å². The van der Waals surface area contributed by atoms with Crippen LogP contribution < -0.4 is 20.7 Å². The van der Waals surface area contributed by atoms with Crippen molar-refractivity contribution in [3.63, 3.8) is 0 Å². The maximum atomic E-state index is 13.1. The molecular weight excluding hydrogens is 484 g/mol. The highest BCUT2D eigenvalue weighted by atomic mass is 16.5. The van der Waals surface area contributed by atoms with Gasteiger partial charge >= 0.3 is 6.03 Å². The van der Waals surface area contributed by atoms with Crippen LogP contribution in [-0.4, -0.2) is 70.7 Å². The number of amides is 2. The molecule has 1 saturated heterocycles. The molecule has 0 unspecified atom stereocenters. The van der Waals surface area contributed by atoms with Crippen molar-refractivity contribution in [3.05, 3.63) is 42.9 Å². The first-order chi connectivity index (χ1) is 18.4. The van der Waals surface area contributed by atoms with Crippen molar-refractivity contribution < 1.29 is 14.3 Å². The number of anilines is 2. The lowest BCUT2D eigenvalue weighted by Crippen LogP contribution is -2.52. The van der Waals surface area contributed by atoms with Crippen molar-refractivity contribution in [2.24, 2.45) is 11.7 Å². The molecule has 2 atom stereocenters. The van der Waals surface area contributed by atoms with Crippen molar-refractivity contribution in [3.8, 4) is 11.8 Å². The highest BCUT2D eigenvalue weighted by Gasteiger charge is 2.32. The van der Waals surface area contributed by atoms with Crippen LogP contribution in [0.4, 0.5) is 16.3 Å². The van der Waals surface area contributed by atoms with Crippen molar-refractivity contribution >= 4 is 34.5 Å². The average Bonchev–Trinajstić information content (AvgIpc) is 3.37. The summed E-state index contributed by atoms with van der Waals surface area (Å²) in [7, 11) is 1.94. The molecule has 2 aromatic heterocycles. The summed E-state index contributed by atoms with van der Waals surface area (Å²) < 4.78 is 7.15. The van der Waals surface area contributed by atoms with Gasteiger partial charge in [0.15, 0.2) is 5.65 Å². The number of fused-ring (bicyclic) bond motifs is 1. The molecule has 1 aromatic carbocycles. The summed E-state index contributed by atoms with van der Waals surface area (Å²) >= 11 is 0. The molecule has 3 heterocycles. The van der Waals surface area contributed by atoms with Crippen LogP contribution in [-0.2, 0) is 4.79 Å². The lowest BCUT2D eigenvalue weighted by molar-refractivity contribution is -0.131. The molecule has 0 spiro atoms. The molecule has 4 rings (SSSR count). The van der Waals surface area contributed by atoms with Crippen LogP contribution >= 0.6 is 0 Å². The predicted octanol–water partition coefficient (Wildman–Crippen LogP) is 3.22.